The third-order valence-corrected chi connectivity index (χ3v) is 11.2. The SMILES string of the molecule is CC1(c2ccncc2)C2=N/C(=C(/c3c(F)c(F)c(F)c(F)c3F)c3ccc([nH]3)C(C)(c3ccncc3)c3ccc([nH]3)/C(c3c(F)c(F)c(F)c(F)c3F)=C3/C=CC1=N3)C=C2. The molecular formula is C44H24F10N6. The topological polar surface area (TPSA) is 82.1 Å². The van der Waals surface area contributed by atoms with Gasteiger partial charge in [0.05, 0.1) is 44.8 Å². The van der Waals surface area contributed by atoms with Gasteiger partial charge in [-0.2, -0.15) is 0 Å². The lowest BCUT2D eigenvalue weighted by molar-refractivity contribution is 0.376. The molecule has 0 saturated carbocycles. The van der Waals surface area contributed by atoms with Crippen LogP contribution >= 0.6 is 0 Å². The van der Waals surface area contributed by atoms with Gasteiger partial charge in [-0.3, -0.25) is 20.0 Å². The molecule has 16 heteroatoms. The number of allylic oxidation sites excluding steroid dienone is 4. The maximum Gasteiger partial charge on any atom is 0.200 e. The average Bonchev–Trinajstić information content (AvgIpc) is 4.12. The van der Waals surface area contributed by atoms with Crippen molar-refractivity contribution in [2.75, 3.05) is 0 Å². The van der Waals surface area contributed by atoms with Crippen molar-refractivity contribution < 1.29 is 43.9 Å². The van der Waals surface area contributed by atoms with Gasteiger partial charge in [0.1, 0.15) is 0 Å². The quantitative estimate of drug-likeness (QED) is 0.105. The Morgan fingerprint density at radius 3 is 1.10 bits per heavy atom. The van der Waals surface area contributed by atoms with E-state index in [1.54, 1.807) is 38.1 Å². The van der Waals surface area contributed by atoms with E-state index in [4.69, 9.17) is 9.98 Å². The minimum absolute atomic E-state index is 0.107. The summed E-state index contributed by atoms with van der Waals surface area (Å²) in [7, 11) is 0. The predicted octanol–water partition coefficient (Wildman–Crippen LogP) is 10.4. The molecule has 0 fully saturated rings. The molecule has 3 aliphatic rings. The van der Waals surface area contributed by atoms with Crippen LogP contribution in [0.4, 0.5) is 43.9 Å². The fraction of sp³-hybridized carbons (Fsp3) is 0.0909. The first kappa shape index (κ1) is 38.4. The molecule has 8 bridgehead atoms. The molecule has 60 heavy (non-hydrogen) atoms. The molecule has 300 valence electrons. The second kappa shape index (κ2) is 13.7. The van der Waals surface area contributed by atoms with Crippen LogP contribution in [0, 0.1) is 58.2 Å². The van der Waals surface area contributed by atoms with Gasteiger partial charge >= 0.3 is 0 Å². The molecule has 0 spiro atoms. The summed E-state index contributed by atoms with van der Waals surface area (Å²) >= 11 is 0. The highest BCUT2D eigenvalue weighted by molar-refractivity contribution is 6.26. The maximum absolute atomic E-state index is 15.9. The first-order valence-electron chi connectivity index (χ1n) is 17.9. The van der Waals surface area contributed by atoms with E-state index in [0.29, 0.717) is 11.1 Å². The number of aromatic amines is 2. The largest absolute Gasteiger partial charge is 0.357 e. The zero-order valence-electron chi connectivity index (χ0n) is 30.8. The molecule has 0 amide bonds. The number of halogens is 10. The molecule has 9 rings (SSSR count). The molecule has 0 radical (unpaired) electrons. The van der Waals surface area contributed by atoms with Gasteiger partial charge in [0.25, 0.3) is 0 Å². The smallest absolute Gasteiger partial charge is 0.200 e. The van der Waals surface area contributed by atoms with E-state index in [1.807, 2.05) is 0 Å². The second-order valence-electron chi connectivity index (χ2n) is 14.4. The lowest BCUT2D eigenvalue weighted by Gasteiger charge is -2.29. The summed E-state index contributed by atoms with van der Waals surface area (Å²) in [5.41, 5.74) is -5.50. The molecule has 6 aromatic rings. The van der Waals surface area contributed by atoms with Gasteiger partial charge in [-0.05, 0) is 97.8 Å². The molecule has 0 unspecified atom stereocenters. The van der Waals surface area contributed by atoms with Crippen LogP contribution in [0.25, 0.3) is 11.1 Å². The van der Waals surface area contributed by atoms with Gasteiger partial charge < -0.3 is 9.97 Å². The third-order valence-electron chi connectivity index (χ3n) is 11.2. The van der Waals surface area contributed by atoms with Crippen LogP contribution in [0.15, 0.2) is 119 Å². The Morgan fingerprint density at radius 2 is 0.733 bits per heavy atom. The Balaban J connectivity index is 1.43. The van der Waals surface area contributed by atoms with Crippen molar-refractivity contribution in [3.8, 4) is 0 Å². The number of hydrogen-bond donors (Lipinski definition) is 2. The van der Waals surface area contributed by atoms with Crippen molar-refractivity contribution in [3.05, 3.63) is 212 Å². The Hall–Kier alpha value is -7.10. The van der Waals surface area contributed by atoms with Gasteiger partial charge in [0.2, 0.25) is 11.6 Å². The highest BCUT2D eigenvalue weighted by Crippen LogP contribution is 2.45. The third kappa shape index (κ3) is 5.42. The van der Waals surface area contributed by atoms with Crippen molar-refractivity contribution in [2.45, 2.75) is 24.7 Å². The number of pyridine rings is 2. The number of benzene rings is 2. The highest BCUT2D eigenvalue weighted by Gasteiger charge is 2.42. The van der Waals surface area contributed by atoms with Crippen LogP contribution in [0.3, 0.4) is 0 Å². The van der Waals surface area contributed by atoms with E-state index >= 15 is 35.1 Å². The van der Waals surface area contributed by atoms with Crippen molar-refractivity contribution in [1.29, 1.82) is 0 Å². The van der Waals surface area contributed by atoms with Crippen LogP contribution in [-0.2, 0) is 10.8 Å². The molecule has 4 aromatic heterocycles. The minimum atomic E-state index is -2.36. The summed E-state index contributed by atoms with van der Waals surface area (Å²) in [4.78, 5) is 23.8. The Morgan fingerprint density at radius 1 is 0.400 bits per heavy atom. The zero-order chi connectivity index (χ0) is 42.4. The zero-order valence-corrected chi connectivity index (χ0v) is 30.8. The fourth-order valence-electron chi connectivity index (χ4n) is 7.93. The standard InChI is InChI=1S/C44H24F10N6/c1-43(19-11-15-55-16-12-19)25-7-3-21(57-25)29(31-33(45)37(49)41(53)38(50)34(31)46)23-5-9-27(59-23)44(2,20-13-17-56-18-14-20)28-10-6-24(60-28)30(22-4-8-26(43)58-22)32-35(47)39(51)42(54)40(52)36(32)48/h3-18,57-58H,1-2H3/b29-23+,30-24+. The monoisotopic (exact) mass is 826 g/mol. The average molecular weight is 827 g/mol. The van der Waals surface area contributed by atoms with E-state index in [-0.39, 0.29) is 45.6 Å². The number of nitrogens with zero attached hydrogens (tertiary/aromatic N) is 4. The van der Waals surface area contributed by atoms with E-state index in [1.165, 1.54) is 73.4 Å². The molecule has 0 aliphatic carbocycles. The van der Waals surface area contributed by atoms with Crippen LogP contribution < -0.4 is 0 Å². The lowest BCUT2D eigenvalue weighted by atomic mass is 9.74. The van der Waals surface area contributed by atoms with Crippen molar-refractivity contribution in [2.24, 2.45) is 9.98 Å². The molecule has 7 heterocycles. The number of H-pyrrole nitrogens is 2. The van der Waals surface area contributed by atoms with Gasteiger partial charge in [-0.1, -0.05) is 0 Å². The Labute approximate surface area is 332 Å². The van der Waals surface area contributed by atoms with E-state index in [2.05, 4.69) is 19.9 Å². The number of hydrogen-bond acceptors (Lipinski definition) is 4. The van der Waals surface area contributed by atoms with Crippen LogP contribution in [0.2, 0.25) is 0 Å². The number of aliphatic imine (C=N–C) groups is 2. The minimum Gasteiger partial charge on any atom is -0.357 e. The summed E-state index contributed by atoms with van der Waals surface area (Å²) in [6, 6.07) is 12.1. The van der Waals surface area contributed by atoms with E-state index in [9.17, 15) is 8.78 Å². The van der Waals surface area contributed by atoms with Gasteiger partial charge in [0.15, 0.2) is 46.5 Å². The number of fused-ring (bicyclic) bond motifs is 6. The molecule has 2 N–H and O–H groups in total. The summed E-state index contributed by atoms with van der Waals surface area (Å²) in [5, 5.41) is 0. The van der Waals surface area contributed by atoms with Crippen molar-refractivity contribution in [3.63, 3.8) is 0 Å². The van der Waals surface area contributed by atoms with Gasteiger partial charge in [-0.25, -0.2) is 43.9 Å². The summed E-state index contributed by atoms with van der Waals surface area (Å²) in [6.07, 6.45) is 11.3. The van der Waals surface area contributed by atoms with Gasteiger partial charge in [0, 0.05) is 58.7 Å². The molecule has 2 aromatic carbocycles. The lowest BCUT2D eigenvalue weighted by Crippen LogP contribution is -2.38. The van der Waals surface area contributed by atoms with Crippen molar-refractivity contribution in [1.82, 2.24) is 19.9 Å². The molecular weight excluding hydrogens is 803 g/mol. The van der Waals surface area contributed by atoms with Crippen LogP contribution in [0.5, 0.6) is 0 Å². The second-order valence-corrected chi connectivity index (χ2v) is 14.4. The Bertz CT molecular complexity index is 2790. The predicted molar refractivity (Wildman–Crippen MR) is 201 cm³/mol. The summed E-state index contributed by atoms with van der Waals surface area (Å²) < 4.78 is 152. The fourth-order valence-corrected chi connectivity index (χ4v) is 7.93. The highest BCUT2D eigenvalue weighted by atomic mass is 19.2. The first-order valence-corrected chi connectivity index (χ1v) is 17.9. The van der Waals surface area contributed by atoms with Crippen LogP contribution in [-0.4, -0.2) is 31.4 Å². The van der Waals surface area contributed by atoms with Crippen LogP contribution in [0.1, 0.15) is 58.9 Å². The van der Waals surface area contributed by atoms with Gasteiger partial charge in [-0.15, -0.1) is 0 Å². The number of rotatable bonds is 4. The van der Waals surface area contributed by atoms with E-state index < -0.39 is 91.3 Å². The molecule has 0 saturated heterocycles. The maximum atomic E-state index is 15.9. The molecule has 6 nitrogen and oxygen atoms in total. The molecule has 3 aliphatic heterocycles. The number of nitrogens with one attached hydrogen (secondary N) is 2. The summed E-state index contributed by atoms with van der Waals surface area (Å²) in [6.45, 7) is 3.30. The summed E-state index contributed by atoms with van der Waals surface area (Å²) in [5.74, 6) is -21.9. The normalized spacial score (nSPS) is 22.1. The molecule has 0 atom stereocenters. The Kier molecular flexibility index (Phi) is 8.80. The first-order chi connectivity index (χ1) is 28.7. The van der Waals surface area contributed by atoms with Crippen molar-refractivity contribution >= 4 is 22.6 Å². The van der Waals surface area contributed by atoms with E-state index in [0.717, 1.165) is 0 Å². The number of aromatic nitrogens is 4.